The molecule has 140 valence electrons. The monoisotopic (exact) mass is 369 g/mol. The second-order valence-corrected chi connectivity index (χ2v) is 5.19. The molecule has 2 aromatic rings. The summed E-state index contributed by atoms with van der Waals surface area (Å²) in [6.07, 6.45) is -4.42. The van der Waals surface area contributed by atoms with Crippen LogP contribution in [0, 0.1) is 0 Å². The van der Waals surface area contributed by atoms with Gasteiger partial charge in [-0.25, -0.2) is 0 Å². The third kappa shape index (κ3) is 6.19. The molecule has 0 aliphatic carbocycles. The van der Waals surface area contributed by atoms with E-state index in [0.29, 0.717) is 11.5 Å². The topological polar surface area (TPSA) is 56.8 Å². The summed E-state index contributed by atoms with van der Waals surface area (Å²) in [5.74, 6) is 0.909. The van der Waals surface area contributed by atoms with Gasteiger partial charge >= 0.3 is 6.18 Å². The molecule has 0 aliphatic rings. The van der Waals surface area contributed by atoms with E-state index < -0.39 is 11.7 Å². The Morgan fingerprint density at radius 2 is 1.69 bits per heavy atom. The number of methoxy groups -OCH3 is 1. The Morgan fingerprint density at radius 3 is 2.35 bits per heavy atom. The zero-order valence-corrected chi connectivity index (χ0v) is 14.0. The van der Waals surface area contributed by atoms with Crippen LogP contribution in [0.3, 0.4) is 0 Å². The maximum absolute atomic E-state index is 12.6. The highest BCUT2D eigenvalue weighted by Crippen LogP contribution is 2.31. The summed E-state index contributed by atoms with van der Waals surface area (Å²) in [6, 6.07) is 11.3. The Morgan fingerprint density at radius 1 is 1.00 bits per heavy atom. The maximum Gasteiger partial charge on any atom is 0.416 e. The Hall–Kier alpha value is -2.90. The fraction of sp³-hybridized carbons (Fsp3) is 0.278. The van der Waals surface area contributed by atoms with E-state index in [0.717, 1.165) is 12.1 Å². The lowest BCUT2D eigenvalue weighted by Crippen LogP contribution is -2.32. The van der Waals surface area contributed by atoms with Gasteiger partial charge < -0.3 is 19.5 Å². The Bertz CT molecular complexity index is 717. The van der Waals surface area contributed by atoms with E-state index in [1.165, 1.54) is 12.1 Å². The van der Waals surface area contributed by atoms with Gasteiger partial charge in [0.2, 0.25) is 0 Å². The number of carbonyl (C=O) groups is 1. The van der Waals surface area contributed by atoms with E-state index in [4.69, 9.17) is 14.2 Å². The first kappa shape index (κ1) is 19.4. The summed E-state index contributed by atoms with van der Waals surface area (Å²) < 4.78 is 53.3. The summed E-state index contributed by atoms with van der Waals surface area (Å²) >= 11 is 0. The third-order valence-corrected chi connectivity index (χ3v) is 3.28. The summed E-state index contributed by atoms with van der Waals surface area (Å²) in [6.45, 7) is -0.00742. The molecule has 0 aliphatic heterocycles. The smallest absolute Gasteiger partial charge is 0.416 e. The quantitative estimate of drug-likeness (QED) is 0.726. The van der Waals surface area contributed by atoms with E-state index in [2.05, 4.69) is 5.32 Å². The summed E-state index contributed by atoms with van der Waals surface area (Å²) in [7, 11) is 1.55. The number of halogens is 3. The minimum absolute atomic E-state index is 0.0373. The Balaban J connectivity index is 1.68. The number of carbonyl (C=O) groups excluding carboxylic acids is 1. The number of benzene rings is 2. The van der Waals surface area contributed by atoms with E-state index in [1.54, 1.807) is 31.4 Å². The molecular weight excluding hydrogens is 351 g/mol. The van der Waals surface area contributed by atoms with Gasteiger partial charge in [0, 0.05) is 0 Å². The van der Waals surface area contributed by atoms with Crippen molar-refractivity contribution in [2.45, 2.75) is 6.18 Å². The first-order chi connectivity index (χ1) is 12.4. The minimum atomic E-state index is -4.42. The van der Waals surface area contributed by atoms with Gasteiger partial charge in [-0.2, -0.15) is 13.2 Å². The number of hydrogen-bond donors (Lipinski definition) is 1. The van der Waals surface area contributed by atoms with Crippen molar-refractivity contribution in [1.82, 2.24) is 5.32 Å². The molecule has 2 aromatic carbocycles. The first-order valence-electron chi connectivity index (χ1n) is 7.72. The van der Waals surface area contributed by atoms with E-state index in [9.17, 15) is 18.0 Å². The number of ether oxygens (including phenoxy) is 3. The molecule has 0 radical (unpaired) electrons. The van der Waals surface area contributed by atoms with Crippen molar-refractivity contribution in [1.29, 1.82) is 0 Å². The van der Waals surface area contributed by atoms with Crippen LogP contribution in [0.5, 0.6) is 17.2 Å². The predicted octanol–water partition coefficient (Wildman–Crippen LogP) is 3.29. The van der Waals surface area contributed by atoms with E-state index >= 15 is 0 Å². The molecule has 8 heteroatoms. The SMILES string of the molecule is COc1ccc(OCC(=O)NCCOc2cccc(C(F)(F)F)c2)cc1. The van der Waals surface area contributed by atoms with Gasteiger partial charge in [0.05, 0.1) is 19.2 Å². The molecule has 0 atom stereocenters. The average molecular weight is 369 g/mol. The van der Waals surface area contributed by atoms with Crippen LogP contribution in [0.15, 0.2) is 48.5 Å². The molecule has 0 saturated carbocycles. The van der Waals surface area contributed by atoms with Crippen LogP contribution in [-0.4, -0.2) is 32.8 Å². The van der Waals surface area contributed by atoms with Crippen LogP contribution in [0.25, 0.3) is 0 Å². The standard InChI is InChI=1S/C18H18F3NO4/c1-24-14-5-7-15(8-6-14)26-12-17(23)22-9-10-25-16-4-2-3-13(11-16)18(19,20)21/h2-8,11H,9-10,12H2,1H3,(H,22,23). The van der Waals surface area contributed by atoms with Crippen molar-refractivity contribution in [3.8, 4) is 17.2 Å². The van der Waals surface area contributed by atoms with Crippen LogP contribution in [0.4, 0.5) is 13.2 Å². The van der Waals surface area contributed by atoms with Crippen LogP contribution in [0.1, 0.15) is 5.56 Å². The lowest BCUT2D eigenvalue weighted by molar-refractivity contribution is -0.137. The predicted molar refractivity (Wildman–Crippen MR) is 88.4 cm³/mol. The number of hydrogen-bond acceptors (Lipinski definition) is 4. The van der Waals surface area contributed by atoms with Gasteiger partial charge in [-0.1, -0.05) is 6.07 Å². The van der Waals surface area contributed by atoms with Crippen LogP contribution in [0.2, 0.25) is 0 Å². The van der Waals surface area contributed by atoms with Crippen molar-refractivity contribution in [2.24, 2.45) is 0 Å². The number of nitrogens with one attached hydrogen (secondary N) is 1. The second kappa shape index (κ2) is 8.98. The van der Waals surface area contributed by atoms with Gasteiger partial charge in [0.25, 0.3) is 5.91 Å². The van der Waals surface area contributed by atoms with Crippen LogP contribution < -0.4 is 19.5 Å². The molecule has 26 heavy (non-hydrogen) atoms. The summed E-state index contributed by atoms with van der Waals surface area (Å²) in [4.78, 5) is 11.7. The molecule has 5 nitrogen and oxygen atoms in total. The molecule has 0 heterocycles. The first-order valence-corrected chi connectivity index (χ1v) is 7.72. The fourth-order valence-electron chi connectivity index (χ4n) is 1.99. The van der Waals surface area contributed by atoms with Crippen molar-refractivity contribution in [2.75, 3.05) is 26.9 Å². The highest BCUT2D eigenvalue weighted by atomic mass is 19.4. The molecule has 1 amide bonds. The molecule has 1 N–H and O–H groups in total. The zero-order valence-electron chi connectivity index (χ0n) is 14.0. The van der Waals surface area contributed by atoms with Crippen molar-refractivity contribution in [3.05, 3.63) is 54.1 Å². The van der Waals surface area contributed by atoms with Crippen LogP contribution in [-0.2, 0) is 11.0 Å². The number of amides is 1. The van der Waals surface area contributed by atoms with E-state index in [-0.39, 0.29) is 31.4 Å². The molecule has 0 bridgehead atoms. The highest BCUT2D eigenvalue weighted by molar-refractivity contribution is 5.77. The maximum atomic E-state index is 12.6. The van der Waals surface area contributed by atoms with Crippen molar-refractivity contribution >= 4 is 5.91 Å². The lowest BCUT2D eigenvalue weighted by atomic mass is 10.2. The normalized spacial score (nSPS) is 10.9. The fourth-order valence-corrected chi connectivity index (χ4v) is 1.99. The van der Waals surface area contributed by atoms with Gasteiger partial charge in [0.1, 0.15) is 23.9 Å². The van der Waals surface area contributed by atoms with Crippen molar-refractivity contribution < 1.29 is 32.2 Å². The molecule has 0 fully saturated rings. The van der Waals surface area contributed by atoms with Gasteiger partial charge in [-0.15, -0.1) is 0 Å². The second-order valence-electron chi connectivity index (χ2n) is 5.19. The summed E-state index contributed by atoms with van der Waals surface area (Å²) in [5.41, 5.74) is -0.785. The van der Waals surface area contributed by atoms with Gasteiger partial charge in [0.15, 0.2) is 6.61 Å². The van der Waals surface area contributed by atoms with Crippen molar-refractivity contribution in [3.63, 3.8) is 0 Å². The van der Waals surface area contributed by atoms with Gasteiger partial charge in [-0.05, 0) is 42.5 Å². The number of rotatable bonds is 8. The zero-order chi connectivity index (χ0) is 19.0. The minimum Gasteiger partial charge on any atom is -0.497 e. The lowest BCUT2D eigenvalue weighted by Gasteiger charge is -2.11. The average Bonchev–Trinajstić information content (AvgIpc) is 2.63. The molecule has 2 rings (SSSR count). The third-order valence-electron chi connectivity index (χ3n) is 3.28. The Kier molecular flexibility index (Phi) is 6.71. The molecular formula is C18H18F3NO4. The number of alkyl halides is 3. The van der Waals surface area contributed by atoms with Crippen LogP contribution >= 0.6 is 0 Å². The summed E-state index contributed by atoms with van der Waals surface area (Å²) in [5, 5.41) is 2.55. The van der Waals surface area contributed by atoms with Gasteiger partial charge in [-0.3, -0.25) is 4.79 Å². The Labute approximate surface area is 148 Å². The molecule has 0 spiro atoms. The largest absolute Gasteiger partial charge is 0.497 e. The van der Waals surface area contributed by atoms with E-state index in [1.807, 2.05) is 0 Å². The molecule has 0 unspecified atom stereocenters. The molecule has 0 saturated heterocycles. The highest BCUT2D eigenvalue weighted by Gasteiger charge is 2.30. The molecule has 0 aromatic heterocycles.